The normalized spacial score (nSPS) is 20.7. The summed E-state index contributed by atoms with van der Waals surface area (Å²) in [6.07, 6.45) is 5.73. The summed E-state index contributed by atoms with van der Waals surface area (Å²) in [5.74, 6) is 0.268. The van der Waals surface area contributed by atoms with Crippen LogP contribution in [0.5, 0.6) is 0 Å². The Morgan fingerprint density at radius 2 is 1.97 bits per heavy atom. The summed E-state index contributed by atoms with van der Waals surface area (Å²) < 4.78 is 7.83. The molecule has 32 heavy (non-hydrogen) atoms. The molecule has 2 aliphatic rings. The van der Waals surface area contributed by atoms with E-state index in [0.717, 1.165) is 36.0 Å². The molecule has 6 rings (SSSR count). The van der Waals surface area contributed by atoms with Crippen molar-refractivity contribution >= 4 is 23.0 Å². The number of hydrogen-bond acceptors (Lipinski definition) is 5. The van der Waals surface area contributed by atoms with Crippen LogP contribution >= 0.6 is 0 Å². The van der Waals surface area contributed by atoms with Crippen molar-refractivity contribution in [1.82, 2.24) is 19.7 Å². The highest BCUT2D eigenvalue weighted by atomic mass is 16.4. The van der Waals surface area contributed by atoms with Crippen LogP contribution in [-0.2, 0) is 18.4 Å². The van der Waals surface area contributed by atoms with Gasteiger partial charge in [0.1, 0.15) is 11.6 Å². The molecule has 0 saturated carbocycles. The fourth-order valence-electron chi connectivity index (χ4n) is 5.13. The first-order valence-electron chi connectivity index (χ1n) is 11.1. The van der Waals surface area contributed by atoms with Crippen molar-refractivity contribution < 1.29 is 9.21 Å². The molecule has 0 aliphatic carbocycles. The van der Waals surface area contributed by atoms with Crippen molar-refractivity contribution in [3.05, 3.63) is 77.6 Å². The van der Waals surface area contributed by atoms with Gasteiger partial charge in [0.25, 0.3) is 6.01 Å². The van der Waals surface area contributed by atoms with Crippen molar-refractivity contribution in [2.45, 2.75) is 31.3 Å². The number of aryl methyl sites for hydroxylation is 1. The molecule has 0 radical (unpaired) electrons. The number of benzene rings is 2. The Balaban J connectivity index is 1.31. The maximum Gasteiger partial charge on any atom is 0.299 e. The Labute approximate surface area is 186 Å². The number of aromatic nitrogens is 3. The molecule has 0 spiro atoms. The van der Waals surface area contributed by atoms with Crippen molar-refractivity contribution in [2.24, 2.45) is 7.05 Å². The molecule has 4 heterocycles. The van der Waals surface area contributed by atoms with E-state index in [4.69, 9.17) is 4.42 Å². The molecule has 162 valence electrons. The second-order valence-electron chi connectivity index (χ2n) is 8.73. The number of nitrogens with zero attached hydrogens (tertiary/aromatic N) is 5. The molecule has 2 atom stereocenters. The van der Waals surface area contributed by atoms with Gasteiger partial charge in [0.15, 0.2) is 5.58 Å². The van der Waals surface area contributed by atoms with Gasteiger partial charge in [-0.1, -0.05) is 36.4 Å². The first-order chi connectivity index (χ1) is 15.7. The molecule has 7 nitrogen and oxygen atoms in total. The summed E-state index contributed by atoms with van der Waals surface area (Å²) in [4.78, 5) is 22.5. The van der Waals surface area contributed by atoms with Gasteiger partial charge >= 0.3 is 0 Å². The monoisotopic (exact) mass is 427 g/mol. The maximum absolute atomic E-state index is 13.8. The number of carbonyl (C=O) groups is 1. The quantitative estimate of drug-likeness (QED) is 0.499. The summed E-state index contributed by atoms with van der Waals surface area (Å²) in [6.45, 7) is 2.06. The molecule has 2 aromatic carbocycles. The first-order valence-corrected chi connectivity index (χ1v) is 11.1. The van der Waals surface area contributed by atoms with E-state index in [2.05, 4.69) is 34.5 Å². The van der Waals surface area contributed by atoms with Crippen molar-refractivity contribution in [3.63, 3.8) is 0 Å². The Morgan fingerprint density at radius 1 is 1.12 bits per heavy atom. The van der Waals surface area contributed by atoms with E-state index < -0.39 is 0 Å². The number of fused-ring (bicyclic) bond motifs is 2. The minimum absolute atomic E-state index is 0.122. The summed E-state index contributed by atoms with van der Waals surface area (Å²) in [5, 5.41) is 4.37. The summed E-state index contributed by atoms with van der Waals surface area (Å²) >= 11 is 0. The van der Waals surface area contributed by atoms with Crippen LogP contribution in [0.4, 0.5) is 6.01 Å². The molecule has 1 fully saturated rings. The van der Waals surface area contributed by atoms with E-state index in [9.17, 15) is 4.79 Å². The summed E-state index contributed by atoms with van der Waals surface area (Å²) in [6, 6.07) is 16.5. The fourth-order valence-corrected chi connectivity index (χ4v) is 5.13. The zero-order valence-corrected chi connectivity index (χ0v) is 18.0. The van der Waals surface area contributed by atoms with Crippen molar-refractivity contribution in [3.8, 4) is 0 Å². The second kappa shape index (κ2) is 7.51. The molecular weight excluding hydrogens is 402 g/mol. The second-order valence-corrected chi connectivity index (χ2v) is 8.73. The van der Waals surface area contributed by atoms with Crippen LogP contribution in [0.2, 0.25) is 0 Å². The third-order valence-electron chi connectivity index (χ3n) is 6.70. The average Bonchev–Trinajstić information content (AvgIpc) is 3.56. The van der Waals surface area contributed by atoms with E-state index in [1.165, 1.54) is 11.1 Å². The van der Waals surface area contributed by atoms with Gasteiger partial charge < -0.3 is 14.2 Å². The minimum atomic E-state index is -0.247. The predicted octanol–water partition coefficient (Wildman–Crippen LogP) is 3.70. The Morgan fingerprint density at radius 3 is 2.81 bits per heavy atom. The molecule has 2 unspecified atom stereocenters. The van der Waals surface area contributed by atoms with Gasteiger partial charge in [0.2, 0.25) is 5.91 Å². The van der Waals surface area contributed by atoms with E-state index in [1.807, 2.05) is 58.1 Å². The van der Waals surface area contributed by atoms with Crippen LogP contribution < -0.4 is 4.90 Å². The average molecular weight is 428 g/mol. The summed E-state index contributed by atoms with van der Waals surface area (Å²) in [5.41, 5.74) is 5.20. The third kappa shape index (κ3) is 3.16. The summed E-state index contributed by atoms with van der Waals surface area (Å²) in [7, 11) is 1.93. The molecule has 1 saturated heterocycles. The van der Waals surface area contributed by atoms with Gasteiger partial charge in [-0.3, -0.25) is 9.48 Å². The number of oxazole rings is 1. The maximum atomic E-state index is 13.8. The van der Waals surface area contributed by atoms with E-state index in [-0.39, 0.29) is 17.9 Å². The Kier molecular flexibility index (Phi) is 4.48. The van der Waals surface area contributed by atoms with Crippen molar-refractivity contribution in [2.75, 3.05) is 18.0 Å². The highest BCUT2D eigenvalue weighted by molar-refractivity contribution is 5.86. The molecule has 2 aromatic heterocycles. The van der Waals surface area contributed by atoms with Gasteiger partial charge in [-0.15, -0.1) is 0 Å². The first kappa shape index (κ1) is 19.1. The molecule has 4 aromatic rings. The van der Waals surface area contributed by atoms with Gasteiger partial charge in [-0.2, -0.15) is 10.1 Å². The standard InChI is InChI=1S/C25H25N5O2/c1-28-14-18(13-26-28)20-16-29(15-17-7-2-3-8-19(17)20)24(31)22-10-6-12-30(22)25-27-21-9-4-5-11-23(21)32-25/h2-5,7-9,11,13-14,20,22H,6,10,12,15-16H2,1H3. The van der Waals surface area contributed by atoms with Crippen LogP contribution in [0.3, 0.4) is 0 Å². The van der Waals surface area contributed by atoms with E-state index >= 15 is 0 Å². The zero-order valence-electron chi connectivity index (χ0n) is 18.0. The lowest BCUT2D eigenvalue weighted by molar-refractivity contribution is -0.133. The highest BCUT2D eigenvalue weighted by Gasteiger charge is 2.39. The number of para-hydroxylation sites is 2. The van der Waals surface area contributed by atoms with Gasteiger partial charge in [-0.05, 0) is 41.7 Å². The topological polar surface area (TPSA) is 67.4 Å². The fraction of sp³-hybridized carbons (Fsp3) is 0.320. The lowest BCUT2D eigenvalue weighted by atomic mass is 9.85. The number of anilines is 1. The number of rotatable bonds is 3. The lowest BCUT2D eigenvalue weighted by Gasteiger charge is -2.37. The van der Waals surface area contributed by atoms with E-state index in [1.54, 1.807) is 0 Å². The number of carbonyl (C=O) groups excluding carboxylic acids is 1. The van der Waals surface area contributed by atoms with Crippen LogP contribution in [0.1, 0.15) is 35.4 Å². The van der Waals surface area contributed by atoms with Crippen LogP contribution in [0, 0.1) is 0 Å². The molecule has 2 aliphatic heterocycles. The molecular formula is C25H25N5O2. The number of amides is 1. The number of hydrogen-bond donors (Lipinski definition) is 0. The Bertz CT molecular complexity index is 1260. The van der Waals surface area contributed by atoms with Gasteiger partial charge in [0.05, 0.1) is 6.20 Å². The largest absolute Gasteiger partial charge is 0.423 e. The predicted molar refractivity (Wildman–Crippen MR) is 121 cm³/mol. The minimum Gasteiger partial charge on any atom is -0.423 e. The van der Waals surface area contributed by atoms with Gasteiger partial charge in [0, 0.05) is 38.8 Å². The van der Waals surface area contributed by atoms with Gasteiger partial charge in [-0.25, -0.2) is 0 Å². The lowest BCUT2D eigenvalue weighted by Crippen LogP contribution is -2.48. The third-order valence-corrected chi connectivity index (χ3v) is 6.70. The smallest absolute Gasteiger partial charge is 0.299 e. The Hall–Kier alpha value is -3.61. The SMILES string of the molecule is Cn1cc(C2CN(C(=O)C3CCCN3c3nc4ccccc4o3)Cc3ccccc32)cn1. The molecule has 1 amide bonds. The van der Waals surface area contributed by atoms with E-state index in [0.29, 0.717) is 19.1 Å². The zero-order chi connectivity index (χ0) is 21.7. The van der Waals surface area contributed by atoms with Crippen LogP contribution in [0.15, 0.2) is 65.3 Å². The molecule has 0 bridgehead atoms. The van der Waals surface area contributed by atoms with Crippen LogP contribution in [-0.4, -0.2) is 44.7 Å². The highest BCUT2D eigenvalue weighted by Crippen LogP contribution is 2.35. The molecule has 7 heteroatoms. The van der Waals surface area contributed by atoms with Crippen LogP contribution in [0.25, 0.3) is 11.1 Å². The van der Waals surface area contributed by atoms with Crippen molar-refractivity contribution in [1.29, 1.82) is 0 Å². The molecule has 0 N–H and O–H groups in total.